The van der Waals surface area contributed by atoms with Gasteiger partial charge in [-0.25, -0.2) is 0 Å². The molecular formula is C29H34ClN5S. The lowest BCUT2D eigenvalue weighted by Gasteiger charge is -2.35. The van der Waals surface area contributed by atoms with Gasteiger partial charge in [0.25, 0.3) is 0 Å². The Kier molecular flexibility index (Phi) is 5.64. The van der Waals surface area contributed by atoms with Crippen LogP contribution in [0.15, 0.2) is 29.3 Å². The van der Waals surface area contributed by atoms with Crippen molar-refractivity contribution in [2.75, 3.05) is 13.1 Å². The Morgan fingerprint density at radius 3 is 2.67 bits per heavy atom. The van der Waals surface area contributed by atoms with Gasteiger partial charge in [-0.3, -0.25) is 9.56 Å². The van der Waals surface area contributed by atoms with E-state index in [-0.39, 0.29) is 5.54 Å². The van der Waals surface area contributed by atoms with E-state index in [1.54, 1.807) is 0 Å². The van der Waals surface area contributed by atoms with E-state index in [1.807, 2.05) is 23.5 Å². The van der Waals surface area contributed by atoms with Gasteiger partial charge in [0.1, 0.15) is 16.4 Å². The van der Waals surface area contributed by atoms with E-state index < -0.39 is 0 Å². The van der Waals surface area contributed by atoms with Crippen molar-refractivity contribution < 1.29 is 0 Å². The molecule has 0 radical (unpaired) electrons. The number of aliphatic imine (C=N–C) groups is 1. The number of nitrogens with zero attached hydrogens (tertiary/aromatic N) is 5. The van der Waals surface area contributed by atoms with Gasteiger partial charge in [0.2, 0.25) is 0 Å². The van der Waals surface area contributed by atoms with Crippen LogP contribution in [-0.2, 0) is 18.4 Å². The molecule has 1 aromatic carbocycles. The van der Waals surface area contributed by atoms with Gasteiger partial charge in [0, 0.05) is 33.6 Å². The van der Waals surface area contributed by atoms with Crippen LogP contribution in [0.3, 0.4) is 0 Å². The van der Waals surface area contributed by atoms with E-state index in [0.29, 0.717) is 5.92 Å². The van der Waals surface area contributed by atoms with Crippen molar-refractivity contribution in [3.8, 4) is 5.00 Å². The first-order valence-electron chi connectivity index (χ1n) is 13.7. The standard InChI is InChI=1S/C29H34ClN5S/c1-3-34(20-9-5-4-6-10-20)17-19-15-22-24(16-19)36-27-25(22)26(21-11-7-8-12-23(21)30)31-29(13-14-29)28-33-32-18(2)35(27)28/h7-8,11-12,19-20H,3-6,9-10,13-17H2,1-2H3/t19-/m0/s1. The Hall–Kier alpha value is -2.02. The van der Waals surface area contributed by atoms with Crippen molar-refractivity contribution in [3.05, 3.63) is 62.5 Å². The SMILES string of the molecule is CCN(C[C@@H]1Cc2sc3c(c2C1)C(c1ccccc1Cl)=NC1(CC1)c1nnc(C)n1-3)C1CCCCC1. The van der Waals surface area contributed by atoms with Gasteiger partial charge in [-0.1, -0.05) is 56.0 Å². The molecule has 4 aliphatic rings. The van der Waals surface area contributed by atoms with Crippen LogP contribution in [0.4, 0.5) is 0 Å². The van der Waals surface area contributed by atoms with E-state index in [0.717, 1.165) is 66.2 Å². The minimum absolute atomic E-state index is 0.264. The topological polar surface area (TPSA) is 46.3 Å². The van der Waals surface area contributed by atoms with Crippen molar-refractivity contribution in [2.45, 2.75) is 83.2 Å². The third-order valence-electron chi connectivity index (χ3n) is 8.89. The van der Waals surface area contributed by atoms with Gasteiger partial charge in [-0.05, 0) is 69.5 Å². The predicted molar refractivity (Wildman–Crippen MR) is 147 cm³/mol. The molecular weight excluding hydrogens is 486 g/mol. The van der Waals surface area contributed by atoms with E-state index in [9.17, 15) is 0 Å². The van der Waals surface area contributed by atoms with E-state index >= 15 is 0 Å². The average molecular weight is 520 g/mol. The third kappa shape index (κ3) is 3.63. The molecule has 0 unspecified atom stereocenters. The number of halogens is 1. The summed E-state index contributed by atoms with van der Waals surface area (Å²) in [5.41, 5.74) is 4.63. The maximum absolute atomic E-state index is 6.81. The van der Waals surface area contributed by atoms with E-state index in [1.165, 1.54) is 59.7 Å². The van der Waals surface area contributed by atoms with Gasteiger partial charge in [0.05, 0.1) is 5.71 Å². The second-order valence-electron chi connectivity index (χ2n) is 11.2. The van der Waals surface area contributed by atoms with Crippen LogP contribution in [0.25, 0.3) is 5.00 Å². The number of rotatable bonds is 5. The average Bonchev–Trinajstić information content (AvgIpc) is 3.25. The highest BCUT2D eigenvalue weighted by atomic mass is 35.5. The van der Waals surface area contributed by atoms with Crippen LogP contribution < -0.4 is 0 Å². The van der Waals surface area contributed by atoms with Crippen molar-refractivity contribution in [1.82, 2.24) is 19.7 Å². The molecule has 7 rings (SSSR count). The first-order chi connectivity index (χ1) is 17.6. The normalized spacial score (nSPS) is 22.3. The maximum Gasteiger partial charge on any atom is 0.166 e. The maximum atomic E-state index is 6.81. The minimum Gasteiger partial charge on any atom is -0.300 e. The van der Waals surface area contributed by atoms with Crippen LogP contribution in [0.1, 0.15) is 85.1 Å². The number of fused-ring (bicyclic) bond motifs is 6. The largest absolute Gasteiger partial charge is 0.300 e. The Morgan fingerprint density at radius 2 is 1.92 bits per heavy atom. The summed E-state index contributed by atoms with van der Waals surface area (Å²) in [6.07, 6.45) is 11.3. The number of hydrogen-bond acceptors (Lipinski definition) is 5. The number of thiophene rings is 1. The summed E-state index contributed by atoms with van der Waals surface area (Å²) < 4.78 is 2.31. The van der Waals surface area contributed by atoms with Crippen molar-refractivity contribution in [2.24, 2.45) is 10.9 Å². The Bertz CT molecular complexity index is 1340. The molecule has 0 amide bonds. The number of benzene rings is 1. The van der Waals surface area contributed by atoms with Crippen molar-refractivity contribution >= 4 is 28.6 Å². The quantitative estimate of drug-likeness (QED) is 0.386. The van der Waals surface area contributed by atoms with Gasteiger partial charge < -0.3 is 4.90 Å². The van der Waals surface area contributed by atoms with Crippen LogP contribution in [0.5, 0.6) is 0 Å². The van der Waals surface area contributed by atoms with Gasteiger partial charge in [-0.2, -0.15) is 0 Å². The fraction of sp³-hybridized carbons (Fsp3) is 0.552. The lowest BCUT2D eigenvalue weighted by Crippen LogP contribution is -2.40. The van der Waals surface area contributed by atoms with Crippen LogP contribution in [0, 0.1) is 12.8 Å². The zero-order valence-corrected chi connectivity index (χ0v) is 22.8. The second-order valence-corrected chi connectivity index (χ2v) is 12.7. The van der Waals surface area contributed by atoms with Crippen LogP contribution >= 0.6 is 22.9 Å². The number of aromatic nitrogens is 3. The molecule has 0 bridgehead atoms. The number of hydrogen-bond donors (Lipinski definition) is 0. The summed E-state index contributed by atoms with van der Waals surface area (Å²) in [5, 5.41) is 11.2. The van der Waals surface area contributed by atoms with Crippen LogP contribution in [-0.4, -0.2) is 44.5 Å². The minimum atomic E-state index is -0.264. The number of aryl methyl sites for hydroxylation is 1. The molecule has 1 spiro atoms. The molecule has 3 aromatic rings. The van der Waals surface area contributed by atoms with Gasteiger partial charge in [0.15, 0.2) is 5.82 Å². The predicted octanol–water partition coefficient (Wildman–Crippen LogP) is 6.50. The lowest BCUT2D eigenvalue weighted by molar-refractivity contribution is 0.142. The van der Waals surface area contributed by atoms with Crippen molar-refractivity contribution in [1.29, 1.82) is 0 Å². The fourth-order valence-electron chi connectivity index (χ4n) is 6.88. The zero-order chi connectivity index (χ0) is 24.4. The molecule has 2 aromatic heterocycles. The smallest absolute Gasteiger partial charge is 0.166 e. The fourth-order valence-corrected chi connectivity index (χ4v) is 8.59. The molecule has 1 aliphatic heterocycles. The Labute approximate surface area is 222 Å². The molecule has 3 heterocycles. The summed E-state index contributed by atoms with van der Waals surface area (Å²) in [5.74, 6) is 2.64. The van der Waals surface area contributed by atoms with E-state index in [2.05, 4.69) is 45.6 Å². The monoisotopic (exact) mass is 519 g/mol. The summed E-state index contributed by atoms with van der Waals surface area (Å²) in [7, 11) is 0. The van der Waals surface area contributed by atoms with Gasteiger partial charge in [-0.15, -0.1) is 21.5 Å². The molecule has 0 saturated heterocycles. The first-order valence-corrected chi connectivity index (χ1v) is 14.9. The molecule has 36 heavy (non-hydrogen) atoms. The highest BCUT2D eigenvalue weighted by molar-refractivity contribution is 7.15. The second kappa shape index (κ2) is 8.78. The van der Waals surface area contributed by atoms with Crippen LogP contribution in [0.2, 0.25) is 5.02 Å². The lowest BCUT2D eigenvalue weighted by atomic mass is 9.92. The molecule has 0 N–H and O–H groups in total. The molecule has 5 nitrogen and oxygen atoms in total. The summed E-state index contributed by atoms with van der Waals surface area (Å²) in [6.45, 7) is 6.79. The molecule has 2 saturated carbocycles. The summed E-state index contributed by atoms with van der Waals surface area (Å²) >= 11 is 8.76. The summed E-state index contributed by atoms with van der Waals surface area (Å²) in [6, 6.07) is 9.00. The first kappa shape index (κ1) is 23.1. The highest BCUT2D eigenvalue weighted by Gasteiger charge is 2.52. The third-order valence-corrected chi connectivity index (χ3v) is 10.5. The molecule has 188 valence electrons. The molecule has 7 heteroatoms. The highest BCUT2D eigenvalue weighted by Crippen LogP contribution is 2.54. The van der Waals surface area contributed by atoms with Gasteiger partial charge >= 0.3 is 0 Å². The Morgan fingerprint density at radius 1 is 1.11 bits per heavy atom. The van der Waals surface area contributed by atoms with E-state index in [4.69, 9.17) is 16.6 Å². The Balaban J connectivity index is 1.30. The summed E-state index contributed by atoms with van der Waals surface area (Å²) in [4.78, 5) is 9.78. The zero-order valence-electron chi connectivity index (χ0n) is 21.3. The molecule has 3 aliphatic carbocycles. The molecule has 2 fully saturated rings. The molecule has 1 atom stereocenters. The van der Waals surface area contributed by atoms with Crippen molar-refractivity contribution in [3.63, 3.8) is 0 Å².